The molecule has 0 saturated carbocycles. The van der Waals surface area contributed by atoms with Gasteiger partial charge in [0, 0.05) is 30.1 Å². The van der Waals surface area contributed by atoms with Crippen LogP contribution in [0.5, 0.6) is 5.75 Å². The zero-order valence-corrected chi connectivity index (χ0v) is 16.1. The van der Waals surface area contributed by atoms with Crippen molar-refractivity contribution in [2.45, 2.75) is 6.42 Å². The third kappa shape index (κ3) is 4.47. The normalized spacial score (nSPS) is 10.5. The molecule has 0 radical (unpaired) electrons. The Labute approximate surface area is 172 Å². The van der Waals surface area contributed by atoms with E-state index in [-0.39, 0.29) is 5.56 Å². The monoisotopic (exact) mass is 400 g/mol. The van der Waals surface area contributed by atoms with Crippen LogP contribution in [0.2, 0.25) is 0 Å². The molecular formula is C23H20N4O3. The van der Waals surface area contributed by atoms with Gasteiger partial charge in [-0.25, -0.2) is 4.98 Å². The van der Waals surface area contributed by atoms with Crippen LogP contribution >= 0.6 is 0 Å². The van der Waals surface area contributed by atoms with E-state index in [9.17, 15) is 9.59 Å². The molecule has 4 aromatic rings. The van der Waals surface area contributed by atoms with Crippen molar-refractivity contribution in [2.24, 2.45) is 0 Å². The lowest BCUT2D eigenvalue weighted by molar-refractivity contribution is 0.102. The van der Waals surface area contributed by atoms with Crippen LogP contribution in [-0.2, 0) is 6.42 Å². The van der Waals surface area contributed by atoms with Gasteiger partial charge in [-0.1, -0.05) is 24.3 Å². The molecule has 2 heterocycles. The fraction of sp³-hybridized carbons (Fsp3) is 0.0870. The first-order chi connectivity index (χ1) is 14.7. The van der Waals surface area contributed by atoms with Crippen LogP contribution in [0.4, 0.5) is 5.69 Å². The number of hydrogen-bond acceptors (Lipinski definition) is 4. The Morgan fingerprint density at radius 1 is 1.03 bits per heavy atom. The van der Waals surface area contributed by atoms with Gasteiger partial charge in [-0.05, 0) is 42.0 Å². The Balaban J connectivity index is 1.34. The van der Waals surface area contributed by atoms with E-state index in [0.29, 0.717) is 18.7 Å². The first-order valence-corrected chi connectivity index (χ1v) is 9.50. The maximum Gasteiger partial charge on any atom is 0.261 e. The van der Waals surface area contributed by atoms with E-state index in [2.05, 4.69) is 20.3 Å². The minimum Gasteiger partial charge on any atom is -0.493 e. The number of anilines is 1. The average Bonchev–Trinajstić information content (AvgIpc) is 3.30. The van der Waals surface area contributed by atoms with Crippen LogP contribution in [0.15, 0.2) is 84.2 Å². The highest BCUT2D eigenvalue weighted by atomic mass is 16.5. The first-order valence-electron chi connectivity index (χ1n) is 9.50. The lowest BCUT2D eigenvalue weighted by Crippen LogP contribution is -2.22. The lowest BCUT2D eigenvalue weighted by atomic mass is 10.1. The molecule has 7 nitrogen and oxygen atoms in total. The Hall–Kier alpha value is -4.13. The van der Waals surface area contributed by atoms with Crippen molar-refractivity contribution in [3.63, 3.8) is 0 Å². The summed E-state index contributed by atoms with van der Waals surface area (Å²) < 4.78 is 5.97. The Kier molecular flexibility index (Phi) is 5.70. The van der Waals surface area contributed by atoms with E-state index in [1.165, 1.54) is 12.3 Å². The zero-order valence-electron chi connectivity index (χ0n) is 16.1. The number of benzene rings is 2. The standard InChI is InChI=1S/C23H20N4O3/c28-22-19(5-3-12-25-22)23(29)27-17-9-7-16(8-10-17)11-13-30-21-6-2-1-4-18(21)20-14-24-15-26-20/h1-10,12,14-15H,11,13H2,(H,24,26)(H,25,28)(H,27,29). The summed E-state index contributed by atoms with van der Waals surface area (Å²) in [5.74, 6) is 0.337. The van der Waals surface area contributed by atoms with E-state index >= 15 is 0 Å². The van der Waals surface area contributed by atoms with Crippen molar-refractivity contribution in [1.82, 2.24) is 15.0 Å². The summed E-state index contributed by atoms with van der Waals surface area (Å²) in [4.78, 5) is 33.6. The Morgan fingerprint density at radius 2 is 1.87 bits per heavy atom. The molecule has 0 bridgehead atoms. The van der Waals surface area contributed by atoms with E-state index in [1.54, 1.807) is 12.4 Å². The lowest BCUT2D eigenvalue weighted by Gasteiger charge is -2.10. The SMILES string of the molecule is O=C(Nc1ccc(CCOc2ccccc2-c2c[nH]cn2)cc1)c1ccc[nH]c1=O. The molecule has 150 valence electrons. The number of imidazole rings is 1. The molecule has 0 fully saturated rings. The van der Waals surface area contributed by atoms with Crippen LogP contribution < -0.4 is 15.6 Å². The maximum absolute atomic E-state index is 12.2. The number of aromatic amines is 2. The molecule has 1 amide bonds. The van der Waals surface area contributed by atoms with Crippen molar-refractivity contribution >= 4 is 11.6 Å². The number of nitrogens with zero attached hydrogens (tertiary/aromatic N) is 1. The van der Waals surface area contributed by atoms with Gasteiger partial charge in [-0.3, -0.25) is 9.59 Å². The molecule has 30 heavy (non-hydrogen) atoms. The number of carbonyl (C=O) groups excluding carboxylic acids is 1. The molecule has 0 saturated heterocycles. The first kappa shape index (κ1) is 19.2. The molecule has 7 heteroatoms. The van der Waals surface area contributed by atoms with Gasteiger partial charge in [0.15, 0.2) is 0 Å². The van der Waals surface area contributed by atoms with Crippen molar-refractivity contribution in [2.75, 3.05) is 11.9 Å². The van der Waals surface area contributed by atoms with Gasteiger partial charge in [-0.2, -0.15) is 0 Å². The van der Waals surface area contributed by atoms with Crippen molar-refractivity contribution in [1.29, 1.82) is 0 Å². The molecule has 0 atom stereocenters. The number of nitrogens with one attached hydrogen (secondary N) is 3. The van der Waals surface area contributed by atoms with Crippen LogP contribution in [0, 0.1) is 0 Å². The molecule has 4 rings (SSSR count). The zero-order chi connectivity index (χ0) is 20.8. The molecule has 0 spiro atoms. The number of hydrogen-bond donors (Lipinski definition) is 3. The van der Waals surface area contributed by atoms with E-state index in [0.717, 1.165) is 22.6 Å². The van der Waals surface area contributed by atoms with Crippen LogP contribution in [0.3, 0.4) is 0 Å². The van der Waals surface area contributed by atoms with E-state index in [4.69, 9.17) is 4.74 Å². The minimum atomic E-state index is -0.442. The summed E-state index contributed by atoms with van der Waals surface area (Å²) in [7, 11) is 0. The molecular weight excluding hydrogens is 380 g/mol. The van der Waals surface area contributed by atoms with Gasteiger partial charge in [0.25, 0.3) is 11.5 Å². The summed E-state index contributed by atoms with van der Waals surface area (Å²) in [5.41, 5.74) is 3.12. The predicted molar refractivity (Wildman–Crippen MR) is 115 cm³/mol. The summed E-state index contributed by atoms with van der Waals surface area (Å²) in [5, 5.41) is 2.73. The summed E-state index contributed by atoms with van der Waals surface area (Å²) in [6.07, 6.45) is 5.67. The molecule has 0 unspecified atom stereocenters. The van der Waals surface area contributed by atoms with Gasteiger partial charge in [0.1, 0.15) is 11.3 Å². The van der Waals surface area contributed by atoms with Crippen molar-refractivity contribution in [3.8, 4) is 17.0 Å². The molecule has 2 aromatic carbocycles. The largest absolute Gasteiger partial charge is 0.493 e. The minimum absolute atomic E-state index is 0.0746. The third-order valence-electron chi connectivity index (χ3n) is 4.58. The third-order valence-corrected chi connectivity index (χ3v) is 4.58. The molecule has 3 N–H and O–H groups in total. The van der Waals surface area contributed by atoms with Gasteiger partial charge in [0.2, 0.25) is 0 Å². The number of carbonyl (C=O) groups is 1. The molecule has 2 aromatic heterocycles. The summed E-state index contributed by atoms with van der Waals surface area (Å²) in [6.45, 7) is 0.506. The molecule has 0 aliphatic heterocycles. The second-order valence-electron chi connectivity index (χ2n) is 6.61. The Bertz CT molecular complexity index is 1180. The maximum atomic E-state index is 12.2. The highest BCUT2D eigenvalue weighted by Gasteiger charge is 2.10. The van der Waals surface area contributed by atoms with Crippen molar-refractivity contribution in [3.05, 3.63) is 101 Å². The summed E-state index contributed by atoms with van der Waals surface area (Å²) >= 11 is 0. The van der Waals surface area contributed by atoms with Gasteiger partial charge in [-0.15, -0.1) is 0 Å². The second kappa shape index (κ2) is 8.91. The van der Waals surface area contributed by atoms with Gasteiger partial charge >= 0.3 is 0 Å². The number of para-hydroxylation sites is 1. The fourth-order valence-corrected chi connectivity index (χ4v) is 3.04. The highest BCUT2D eigenvalue weighted by molar-refractivity contribution is 6.03. The highest BCUT2D eigenvalue weighted by Crippen LogP contribution is 2.28. The van der Waals surface area contributed by atoms with Gasteiger partial charge < -0.3 is 20.0 Å². The van der Waals surface area contributed by atoms with E-state index < -0.39 is 11.5 Å². The average molecular weight is 400 g/mol. The number of amides is 1. The van der Waals surface area contributed by atoms with Crippen molar-refractivity contribution < 1.29 is 9.53 Å². The topological polar surface area (TPSA) is 99.9 Å². The quantitative estimate of drug-likeness (QED) is 0.441. The molecule has 0 aliphatic rings. The van der Waals surface area contributed by atoms with Crippen LogP contribution in [0.1, 0.15) is 15.9 Å². The number of ether oxygens (including phenoxy) is 1. The molecule has 0 aliphatic carbocycles. The number of rotatable bonds is 7. The second-order valence-corrected chi connectivity index (χ2v) is 6.61. The van der Waals surface area contributed by atoms with Gasteiger partial charge in [0.05, 0.1) is 18.6 Å². The number of aromatic nitrogens is 3. The Morgan fingerprint density at radius 3 is 2.63 bits per heavy atom. The predicted octanol–water partition coefficient (Wildman–Crippen LogP) is 3.64. The summed E-state index contributed by atoms with van der Waals surface area (Å²) in [6, 6.07) is 18.3. The number of pyridine rings is 1. The van der Waals surface area contributed by atoms with Crippen LogP contribution in [-0.4, -0.2) is 27.5 Å². The number of H-pyrrole nitrogens is 2. The van der Waals surface area contributed by atoms with Crippen LogP contribution in [0.25, 0.3) is 11.3 Å². The van der Waals surface area contributed by atoms with E-state index in [1.807, 2.05) is 54.7 Å². The smallest absolute Gasteiger partial charge is 0.261 e. The fourth-order valence-electron chi connectivity index (χ4n) is 3.04.